The van der Waals surface area contributed by atoms with Crippen molar-refractivity contribution in [2.45, 2.75) is 19.4 Å². The lowest BCUT2D eigenvalue weighted by Crippen LogP contribution is -2.34. The third-order valence-corrected chi connectivity index (χ3v) is 3.84. The van der Waals surface area contributed by atoms with Gasteiger partial charge in [0, 0.05) is 29.7 Å². The molecule has 1 saturated heterocycles. The quantitative estimate of drug-likeness (QED) is 0.937. The van der Waals surface area contributed by atoms with Crippen LogP contribution in [0.2, 0.25) is 5.02 Å². The number of aromatic nitrogens is 2. The number of urea groups is 1. The van der Waals surface area contributed by atoms with E-state index in [0.29, 0.717) is 29.7 Å². The summed E-state index contributed by atoms with van der Waals surface area (Å²) in [6.45, 7) is 3.04. The summed E-state index contributed by atoms with van der Waals surface area (Å²) >= 11 is 5.83. The SMILES string of the molecule is Cc1ccc(OC2CCN(C(=O)Nc3ccc(Cl)cc3)C2)nn1. The number of likely N-dealkylation sites (tertiary alicyclic amines) is 1. The molecule has 1 aromatic heterocycles. The first-order valence-corrected chi connectivity index (χ1v) is 7.76. The Morgan fingerprint density at radius 3 is 2.74 bits per heavy atom. The summed E-state index contributed by atoms with van der Waals surface area (Å²) in [4.78, 5) is 14.0. The van der Waals surface area contributed by atoms with Crippen molar-refractivity contribution >= 4 is 23.3 Å². The number of carbonyl (C=O) groups is 1. The van der Waals surface area contributed by atoms with Gasteiger partial charge in [0.15, 0.2) is 0 Å². The van der Waals surface area contributed by atoms with Gasteiger partial charge in [-0.2, -0.15) is 5.10 Å². The highest BCUT2D eigenvalue weighted by Gasteiger charge is 2.28. The Bertz CT molecular complexity index is 675. The molecule has 1 unspecified atom stereocenters. The average molecular weight is 333 g/mol. The fourth-order valence-electron chi connectivity index (χ4n) is 2.36. The number of hydrogen-bond donors (Lipinski definition) is 1. The van der Waals surface area contributed by atoms with E-state index in [9.17, 15) is 4.79 Å². The summed E-state index contributed by atoms with van der Waals surface area (Å²) in [7, 11) is 0. The molecule has 3 rings (SSSR count). The van der Waals surface area contributed by atoms with Gasteiger partial charge in [0.1, 0.15) is 6.10 Å². The predicted molar refractivity (Wildman–Crippen MR) is 87.8 cm³/mol. The standard InChI is InChI=1S/C16H17ClN4O2/c1-11-2-7-15(20-19-11)23-14-8-9-21(10-14)16(22)18-13-5-3-12(17)4-6-13/h2-7,14H,8-10H2,1H3,(H,18,22). The van der Waals surface area contributed by atoms with Gasteiger partial charge in [0.2, 0.25) is 5.88 Å². The monoisotopic (exact) mass is 332 g/mol. The number of ether oxygens (including phenoxy) is 1. The van der Waals surface area contributed by atoms with Crippen LogP contribution in [-0.4, -0.2) is 40.3 Å². The Balaban J connectivity index is 1.53. The molecule has 1 atom stereocenters. The molecule has 6 nitrogen and oxygen atoms in total. The lowest BCUT2D eigenvalue weighted by Gasteiger charge is -2.17. The molecule has 1 N–H and O–H groups in total. The van der Waals surface area contributed by atoms with E-state index in [1.54, 1.807) is 35.2 Å². The number of nitrogens with zero attached hydrogens (tertiary/aromatic N) is 3. The van der Waals surface area contributed by atoms with Crippen LogP contribution in [0, 0.1) is 6.92 Å². The number of amides is 2. The lowest BCUT2D eigenvalue weighted by atomic mass is 10.3. The zero-order chi connectivity index (χ0) is 16.2. The van der Waals surface area contributed by atoms with Crippen molar-refractivity contribution in [3.63, 3.8) is 0 Å². The molecular formula is C16H17ClN4O2. The van der Waals surface area contributed by atoms with Gasteiger partial charge < -0.3 is 15.0 Å². The first-order valence-electron chi connectivity index (χ1n) is 7.38. The second-order valence-corrected chi connectivity index (χ2v) is 5.86. The van der Waals surface area contributed by atoms with E-state index < -0.39 is 0 Å². The van der Waals surface area contributed by atoms with E-state index in [1.807, 2.05) is 13.0 Å². The number of carbonyl (C=O) groups excluding carboxylic acids is 1. The number of aryl methyl sites for hydroxylation is 1. The topological polar surface area (TPSA) is 67.3 Å². The second kappa shape index (κ2) is 6.83. The number of halogens is 1. The van der Waals surface area contributed by atoms with Crippen molar-refractivity contribution in [1.29, 1.82) is 0 Å². The Morgan fingerprint density at radius 2 is 2.04 bits per heavy atom. The van der Waals surface area contributed by atoms with Crippen LogP contribution in [0.3, 0.4) is 0 Å². The number of hydrogen-bond acceptors (Lipinski definition) is 4. The van der Waals surface area contributed by atoms with E-state index in [1.165, 1.54) is 0 Å². The summed E-state index contributed by atoms with van der Waals surface area (Å²) in [6, 6.07) is 10.5. The van der Waals surface area contributed by atoms with Crippen molar-refractivity contribution in [1.82, 2.24) is 15.1 Å². The molecule has 2 aromatic rings. The van der Waals surface area contributed by atoms with Crippen LogP contribution in [0.5, 0.6) is 5.88 Å². The van der Waals surface area contributed by atoms with Gasteiger partial charge in [0.05, 0.1) is 12.2 Å². The van der Waals surface area contributed by atoms with E-state index in [0.717, 1.165) is 12.1 Å². The summed E-state index contributed by atoms with van der Waals surface area (Å²) in [5, 5.41) is 11.4. The predicted octanol–water partition coefficient (Wildman–Crippen LogP) is 3.12. The van der Waals surface area contributed by atoms with Gasteiger partial charge in [-0.25, -0.2) is 4.79 Å². The van der Waals surface area contributed by atoms with Crippen molar-refractivity contribution in [2.75, 3.05) is 18.4 Å². The van der Waals surface area contributed by atoms with Gasteiger partial charge in [-0.15, -0.1) is 5.10 Å². The third kappa shape index (κ3) is 4.10. The first-order chi connectivity index (χ1) is 11.1. The maximum atomic E-state index is 12.2. The maximum Gasteiger partial charge on any atom is 0.321 e. The van der Waals surface area contributed by atoms with Gasteiger partial charge in [-0.3, -0.25) is 0 Å². The molecule has 1 aromatic carbocycles. The van der Waals surface area contributed by atoms with Crippen molar-refractivity contribution in [3.05, 3.63) is 47.1 Å². The molecule has 1 aliphatic heterocycles. The average Bonchev–Trinajstić information content (AvgIpc) is 3.00. The van der Waals surface area contributed by atoms with Gasteiger partial charge in [0.25, 0.3) is 0 Å². The minimum absolute atomic E-state index is 0.0667. The molecule has 23 heavy (non-hydrogen) atoms. The Hall–Kier alpha value is -2.34. The van der Waals surface area contributed by atoms with Crippen molar-refractivity contribution in [3.8, 4) is 5.88 Å². The largest absolute Gasteiger partial charge is 0.471 e. The number of nitrogens with one attached hydrogen (secondary N) is 1. The molecule has 1 aliphatic rings. The van der Waals surface area contributed by atoms with Crippen LogP contribution in [0.4, 0.5) is 10.5 Å². The van der Waals surface area contributed by atoms with E-state index in [4.69, 9.17) is 16.3 Å². The van der Waals surface area contributed by atoms with Crippen LogP contribution >= 0.6 is 11.6 Å². The molecule has 0 radical (unpaired) electrons. The number of anilines is 1. The van der Waals surface area contributed by atoms with Gasteiger partial charge >= 0.3 is 6.03 Å². The van der Waals surface area contributed by atoms with Crippen LogP contribution in [0.15, 0.2) is 36.4 Å². The van der Waals surface area contributed by atoms with Crippen LogP contribution in [0.1, 0.15) is 12.1 Å². The summed E-state index contributed by atoms with van der Waals surface area (Å²) in [5.41, 5.74) is 1.56. The highest BCUT2D eigenvalue weighted by Crippen LogP contribution is 2.18. The lowest BCUT2D eigenvalue weighted by molar-refractivity contribution is 0.188. The van der Waals surface area contributed by atoms with Gasteiger partial charge in [-0.05, 0) is 37.3 Å². The van der Waals surface area contributed by atoms with E-state index >= 15 is 0 Å². The van der Waals surface area contributed by atoms with E-state index in [-0.39, 0.29) is 12.1 Å². The zero-order valence-electron chi connectivity index (χ0n) is 12.7. The molecule has 0 bridgehead atoms. The molecule has 0 spiro atoms. The minimum Gasteiger partial charge on any atom is -0.471 e. The zero-order valence-corrected chi connectivity index (χ0v) is 13.5. The van der Waals surface area contributed by atoms with Crippen molar-refractivity contribution in [2.24, 2.45) is 0 Å². The Labute approximate surface area is 139 Å². The summed E-state index contributed by atoms with van der Waals surface area (Å²) in [6.07, 6.45) is 0.701. The number of rotatable bonds is 3. The maximum absolute atomic E-state index is 12.2. The first kappa shape index (κ1) is 15.6. The summed E-state index contributed by atoms with van der Waals surface area (Å²) < 4.78 is 5.76. The number of benzene rings is 1. The highest BCUT2D eigenvalue weighted by atomic mass is 35.5. The molecule has 0 saturated carbocycles. The Morgan fingerprint density at radius 1 is 1.26 bits per heavy atom. The summed E-state index contributed by atoms with van der Waals surface area (Å²) in [5.74, 6) is 0.487. The molecular weight excluding hydrogens is 316 g/mol. The molecule has 1 fully saturated rings. The smallest absolute Gasteiger partial charge is 0.321 e. The third-order valence-electron chi connectivity index (χ3n) is 3.59. The minimum atomic E-state index is -0.145. The molecule has 2 heterocycles. The normalized spacial score (nSPS) is 17.1. The molecule has 120 valence electrons. The van der Waals surface area contributed by atoms with Crippen molar-refractivity contribution < 1.29 is 9.53 Å². The second-order valence-electron chi connectivity index (χ2n) is 5.42. The molecule has 7 heteroatoms. The van der Waals surface area contributed by atoms with Crippen LogP contribution in [0.25, 0.3) is 0 Å². The van der Waals surface area contributed by atoms with Gasteiger partial charge in [-0.1, -0.05) is 11.6 Å². The van der Waals surface area contributed by atoms with E-state index in [2.05, 4.69) is 15.5 Å². The molecule has 2 amide bonds. The van der Waals surface area contributed by atoms with Crippen LogP contribution < -0.4 is 10.1 Å². The highest BCUT2D eigenvalue weighted by molar-refractivity contribution is 6.30. The molecule has 0 aliphatic carbocycles. The van der Waals surface area contributed by atoms with Crippen LogP contribution in [-0.2, 0) is 0 Å². The fraction of sp³-hybridized carbons (Fsp3) is 0.312. The fourth-order valence-corrected chi connectivity index (χ4v) is 2.49. The Kier molecular flexibility index (Phi) is 4.62.